The van der Waals surface area contributed by atoms with Crippen LogP contribution >= 0.6 is 0 Å². The van der Waals surface area contributed by atoms with Gasteiger partial charge >= 0.3 is 0 Å². The number of nitrogens with zero attached hydrogens (tertiary/aromatic N) is 13. The second-order valence-electron chi connectivity index (χ2n) is 36.4. The Kier molecular flexibility index (Phi) is 32.5. The number of hydrogen-bond donors (Lipinski definition) is 3. The van der Waals surface area contributed by atoms with Gasteiger partial charge in [0, 0.05) is 184 Å². The van der Waals surface area contributed by atoms with Crippen molar-refractivity contribution >= 4 is 106 Å². The minimum atomic E-state index is -0.411. The van der Waals surface area contributed by atoms with E-state index in [2.05, 4.69) is 92.9 Å². The highest BCUT2D eigenvalue weighted by Crippen LogP contribution is 2.44. The molecule has 0 unspecified atom stereocenters. The van der Waals surface area contributed by atoms with Crippen molar-refractivity contribution in [2.45, 2.75) is 116 Å². The minimum absolute atomic E-state index is 0.0256. The average Bonchev–Trinajstić information content (AvgIpc) is 1.64. The second-order valence-corrected chi connectivity index (χ2v) is 36.4. The van der Waals surface area contributed by atoms with E-state index in [-0.39, 0.29) is 98.8 Å². The van der Waals surface area contributed by atoms with Crippen LogP contribution in [0, 0.1) is 13.8 Å². The lowest BCUT2D eigenvalue weighted by molar-refractivity contribution is -0.137. The lowest BCUT2D eigenvalue weighted by Crippen LogP contribution is -2.47. The molecule has 8 amide bonds. The number of methoxy groups -OCH3 is 2. The standard InChI is InChI=1S/C61H75N9O13.C43H49N7O5/c1-41-26-47-35-64-51-33-53(43(3)28-49(51)60(75)69(47)37-41)82-39-44-29-45(40-83-55-34-52-50(32-54(55)77-4)61(76)70-38-42(2)27-48(70)36-65-52)31-46(30-44)67-16-14-66(15-17-67)12-5-10-62-57(72)9-18-78-20-22-80-24-25-81-23-21-79-19-11-63-56(71)8-13-68-58(73)6-7-59(68)74;1-27-12-33-21-45-37-19-39(29(3)14-35(37)42(51)49(33)23-27)54-25-30-15-31(17-32(16-30)48-10-8-47(9-11-48)7-5-6-44)26-55-41-20-38-36(18-40(41)53-4)43(52)50-24-28(2)13-34(50)22-46-38/h6-7,28-36,47-48H,1-2,5,8-27,37-40H2,3-4H3,(H,62,72)(H,63,71);14-22,33-34H,1-2,5-13,23-26,44H2,3-4H3/t47-,48-;33-,34-/m00/s1. The number of amides is 8. The molecule has 4 N–H and O–H groups in total. The van der Waals surface area contributed by atoms with Crippen LogP contribution in [0.25, 0.3) is 0 Å². The molecule has 11 aliphatic heterocycles. The minimum Gasteiger partial charge on any atom is -0.493 e. The Morgan fingerprint density at radius 2 is 0.717 bits per heavy atom. The van der Waals surface area contributed by atoms with Gasteiger partial charge in [0.2, 0.25) is 11.8 Å². The number of carbonyl (C=O) groups excluding carboxylic acids is 8. The van der Waals surface area contributed by atoms with Gasteiger partial charge in [-0.1, -0.05) is 48.6 Å². The highest BCUT2D eigenvalue weighted by molar-refractivity contribution is 6.13. The van der Waals surface area contributed by atoms with Gasteiger partial charge in [-0.15, -0.1) is 0 Å². The van der Waals surface area contributed by atoms with Gasteiger partial charge in [0.15, 0.2) is 23.0 Å². The van der Waals surface area contributed by atoms with Crippen molar-refractivity contribution < 1.29 is 85.7 Å². The molecule has 11 aliphatic rings. The van der Waals surface area contributed by atoms with Crippen molar-refractivity contribution in [3.05, 3.63) is 201 Å². The number of piperazine rings is 2. The summed E-state index contributed by atoms with van der Waals surface area (Å²) in [5, 5.41) is 5.70. The topological polar surface area (TPSA) is 358 Å². The van der Waals surface area contributed by atoms with Crippen molar-refractivity contribution in [1.82, 2.24) is 44.9 Å². The molecule has 11 heterocycles. The number of anilines is 2. The summed E-state index contributed by atoms with van der Waals surface area (Å²) in [5.74, 6) is 1.77. The van der Waals surface area contributed by atoms with E-state index in [9.17, 15) is 38.4 Å². The fourth-order valence-electron chi connectivity index (χ4n) is 18.8. The van der Waals surface area contributed by atoms with E-state index < -0.39 is 11.8 Å². The number of benzene rings is 6. The van der Waals surface area contributed by atoms with Crippen molar-refractivity contribution in [2.24, 2.45) is 25.7 Å². The van der Waals surface area contributed by atoms with E-state index in [1.54, 1.807) is 43.4 Å². The zero-order chi connectivity index (χ0) is 96.5. The van der Waals surface area contributed by atoms with E-state index in [0.717, 1.165) is 157 Å². The van der Waals surface area contributed by atoms with Crippen LogP contribution < -0.4 is 54.6 Å². The first-order valence-corrected chi connectivity index (χ1v) is 47.6. The van der Waals surface area contributed by atoms with Gasteiger partial charge in [0.05, 0.1) is 136 Å². The van der Waals surface area contributed by atoms with Crippen LogP contribution in [0.5, 0.6) is 34.5 Å². The number of nitrogens with two attached hydrogens (primary N) is 1. The Hall–Kier alpha value is -13.2. The SMILES string of the molecule is C=C1C[C@H]2C=Nc3cc(OCc4cc(COc5cc6c(cc5OC)C(=O)N5CC(=C)C[C@H]5C=N6)cc(N5CCN(CCCN)CC5)c4)c(C)cc3C(=O)N2C1.C=C1C[C@H]2C=Nc3cc(OCc4cc(COc5cc6c(cc5OC)C(=O)N5CC(=C)C[C@H]5C=N6)cc(N5CCN(CCCNC(=O)CCOCCOCCOCCOCCNC(=O)CCN6C(=O)C=CC6=O)CC5)c4)c(C)cc3C(=O)N2C1. The number of aliphatic imine (C=N–C) groups is 4. The van der Waals surface area contributed by atoms with Gasteiger partial charge in [-0.05, 0) is 166 Å². The van der Waals surface area contributed by atoms with Crippen molar-refractivity contribution in [2.75, 3.05) is 195 Å². The molecule has 17 rings (SSSR count). The molecule has 6 aromatic rings. The van der Waals surface area contributed by atoms with Crippen LogP contribution in [0.3, 0.4) is 0 Å². The zero-order valence-corrected chi connectivity index (χ0v) is 79.3. The van der Waals surface area contributed by atoms with Crippen LogP contribution in [0.2, 0.25) is 0 Å². The molecule has 0 saturated carbocycles. The van der Waals surface area contributed by atoms with Crippen molar-refractivity contribution in [3.8, 4) is 34.5 Å². The number of aryl methyl sites for hydroxylation is 2. The van der Waals surface area contributed by atoms with E-state index in [1.807, 2.05) is 77.7 Å². The Labute approximate surface area is 804 Å². The lowest BCUT2D eigenvalue weighted by Gasteiger charge is -2.36. The number of fused-ring (bicyclic) bond motifs is 8. The third kappa shape index (κ3) is 24.3. The Morgan fingerprint density at radius 1 is 0.384 bits per heavy atom. The summed E-state index contributed by atoms with van der Waals surface area (Å²) in [5.41, 5.74) is 21.9. The van der Waals surface area contributed by atoms with Crippen LogP contribution in [-0.4, -0.2) is 315 Å². The number of rotatable bonds is 41. The summed E-state index contributed by atoms with van der Waals surface area (Å²) in [6, 6.07) is 26.9. The number of hydrogen-bond acceptors (Lipinski definition) is 27. The highest BCUT2D eigenvalue weighted by Gasteiger charge is 2.40. The summed E-state index contributed by atoms with van der Waals surface area (Å²) in [6.07, 6.45) is 14.6. The molecule has 4 atom stereocenters. The van der Waals surface area contributed by atoms with Gasteiger partial charge < -0.3 is 93.1 Å². The molecule has 6 saturated heterocycles. The third-order valence-corrected chi connectivity index (χ3v) is 26.2. The van der Waals surface area contributed by atoms with E-state index in [1.165, 1.54) is 12.2 Å². The maximum Gasteiger partial charge on any atom is 0.257 e. The third-order valence-electron chi connectivity index (χ3n) is 26.2. The molecule has 34 nitrogen and oxygen atoms in total. The smallest absolute Gasteiger partial charge is 0.257 e. The fourth-order valence-corrected chi connectivity index (χ4v) is 18.8. The van der Waals surface area contributed by atoms with Crippen LogP contribution in [0.15, 0.2) is 166 Å². The first kappa shape index (κ1) is 97.8. The monoisotopic (exact) mass is 1880 g/mol. The number of ether oxygens (including phenoxy) is 10. The Balaban J connectivity index is 0.000000216. The summed E-state index contributed by atoms with van der Waals surface area (Å²) in [7, 11) is 3.14. The zero-order valence-electron chi connectivity index (χ0n) is 79.3. The highest BCUT2D eigenvalue weighted by atomic mass is 16.6. The summed E-state index contributed by atoms with van der Waals surface area (Å²) in [4.78, 5) is 139. The van der Waals surface area contributed by atoms with Crippen molar-refractivity contribution in [3.63, 3.8) is 0 Å². The molecule has 0 aliphatic carbocycles. The number of imide groups is 1. The van der Waals surface area contributed by atoms with Gasteiger partial charge in [-0.3, -0.25) is 73.0 Å². The van der Waals surface area contributed by atoms with E-state index in [4.69, 9.17) is 73.1 Å². The molecular weight excluding hydrogens is 1760 g/mol. The predicted molar refractivity (Wildman–Crippen MR) is 525 cm³/mol. The molecule has 0 aromatic heterocycles. The molecule has 0 bridgehead atoms. The summed E-state index contributed by atoms with van der Waals surface area (Å²) >= 11 is 0. The molecule has 6 aromatic carbocycles. The number of carbonyl (C=O) groups is 8. The second kappa shape index (κ2) is 45.8. The lowest BCUT2D eigenvalue weighted by atomic mass is 10.1. The summed E-state index contributed by atoms with van der Waals surface area (Å²) in [6.45, 7) is 36.6. The van der Waals surface area contributed by atoms with Crippen LogP contribution in [-0.2, 0) is 64.6 Å². The molecule has 138 heavy (non-hydrogen) atoms. The Morgan fingerprint density at radius 3 is 1.09 bits per heavy atom. The van der Waals surface area contributed by atoms with Gasteiger partial charge in [0.1, 0.15) is 37.9 Å². The molecule has 728 valence electrons. The molecule has 0 radical (unpaired) electrons. The molecular formula is C104H124N16O18. The summed E-state index contributed by atoms with van der Waals surface area (Å²) < 4.78 is 59.6. The first-order chi connectivity index (χ1) is 67.0. The predicted octanol–water partition coefficient (Wildman–Crippen LogP) is 10.3. The van der Waals surface area contributed by atoms with E-state index >= 15 is 0 Å². The Bertz CT molecular complexity index is 5780. The largest absolute Gasteiger partial charge is 0.493 e. The normalized spacial score (nSPS) is 19.2. The fraction of sp³-hybridized carbons (Fsp3) is 0.442. The quantitative estimate of drug-likeness (QED) is 0.0182. The van der Waals surface area contributed by atoms with Gasteiger partial charge in [-0.2, -0.15) is 0 Å². The average molecular weight is 1890 g/mol. The molecule has 34 heteroatoms. The maximum absolute atomic E-state index is 13.7. The van der Waals surface area contributed by atoms with Crippen LogP contribution in [0.4, 0.5) is 34.1 Å². The number of nitrogens with one attached hydrogen (secondary N) is 2. The van der Waals surface area contributed by atoms with Gasteiger partial charge in [-0.25, -0.2) is 0 Å². The van der Waals surface area contributed by atoms with Crippen molar-refractivity contribution in [1.29, 1.82) is 0 Å². The molecule has 0 spiro atoms. The first-order valence-electron chi connectivity index (χ1n) is 47.6. The molecule has 6 fully saturated rings. The van der Waals surface area contributed by atoms with Gasteiger partial charge in [0.25, 0.3) is 35.4 Å². The van der Waals surface area contributed by atoms with E-state index in [0.29, 0.717) is 204 Å². The van der Waals surface area contributed by atoms with Crippen LogP contribution in [0.1, 0.15) is 126 Å². The maximum atomic E-state index is 13.7.